The third-order valence-electron chi connectivity index (χ3n) is 3.00. The molecule has 0 heterocycles. The van der Waals surface area contributed by atoms with Crippen LogP contribution in [0, 0.1) is 5.82 Å². The number of carboxylic acids is 1. The maximum Gasteiger partial charge on any atom is 0.323 e. The van der Waals surface area contributed by atoms with E-state index in [0.29, 0.717) is 5.56 Å². The Balaban J connectivity index is 2.25. The molecule has 1 N–H and O–H groups in total. The Morgan fingerprint density at radius 1 is 1.09 bits per heavy atom. The second-order valence-electron chi connectivity index (χ2n) is 4.66. The second kappa shape index (κ2) is 7.04. The van der Waals surface area contributed by atoms with Gasteiger partial charge in [0.2, 0.25) is 0 Å². The van der Waals surface area contributed by atoms with Crippen molar-refractivity contribution in [3.05, 3.63) is 70.5 Å². The van der Waals surface area contributed by atoms with Gasteiger partial charge in [-0.3, -0.25) is 9.59 Å². The lowest BCUT2D eigenvalue weighted by Crippen LogP contribution is -2.35. The van der Waals surface area contributed by atoms with Crippen molar-refractivity contribution in [2.75, 3.05) is 6.54 Å². The van der Waals surface area contributed by atoms with Gasteiger partial charge in [-0.15, -0.1) is 0 Å². The molecular weight excluding hydrogens is 309 g/mol. The smallest absolute Gasteiger partial charge is 0.323 e. The van der Waals surface area contributed by atoms with E-state index in [-0.39, 0.29) is 17.1 Å². The lowest BCUT2D eigenvalue weighted by Gasteiger charge is -2.21. The van der Waals surface area contributed by atoms with Crippen LogP contribution in [0.4, 0.5) is 4.39 Å². The van der Waals surface area contributed by atoms with Gasteiger partial charge in [-0.2, -0.15) is 0 Å². The first-order chi connectivity index (χ1) is 10.5. The van der Waals surface area contributed by atoms with Crippen LogP contribution < -0.4 is 0 Å². The molecule has 2 aromatic carbocycles. The average Bonchev–Trinajstić information content (AvgIpc) is 2.48. The van der Waals surface area contributed by atoms with Gasteiger partial charge < -0.3 is 10.0 Å². The molecule has 0 aliphatic heterocycles. The third-order valence-corrected chi connectivity index (χ3v) is 3.33. The minimum atomic E-state index is -1.14. The van der Waals surface area contributed by atoms with Crippen LogP contribution in [0.25, 0.3) is 0 Å². The average molecular weight is 322 g/mol. The zero-order valence-electron chi connectivity index (χ0n) is 11.5. The Hall–Kier alpha value is -2.40. The molecule has 0 saturated carbocycles. The Morgan fingerprint density at radius 3 is 2.32 bits per heavy atom. The second-order valence-corrected chi connectivity index (χ2v) is 5.07. The van der Waals surface area contributed by atoms with Crippen LogP contribution in [0.3, 0.4) is 0 Å². The fourth-order valence-electron chi connectivity index (χ4n) is 1.98. The van der Waals surface area contributed by atoms with Crippen LogP contribution >= 0.6 is 11.6 Å². The first-order valence-electron chi connectivity index (χ1n) is 6.47. The fourth-order valence-corrected chi connectivity index (χ4v) is 2.19. The number of hydrogen-bond donors (Lipinski definition) is 1. The minimum Gasteiger partial charge on any atom is -0.480 e. The molecule has 22 heavy (non-hydrogen) atoms. The number of halogens is 2. The predicted octanol–water partition coefficient (Wildman–Crippen LogP) is 3.21. The van der Waals surface area contributed by atoms with E-state index < -0.39 is 24.2 Å². The van der Waals surface area contributed by atoms with E-state index >= 15 is 0 Å². The molecule has 0 saturated heterocycles. The van der Waals surface area contributed by atoms with Crippen LogP contribution in [0.1, 0.15) is 15.9 Å². The molecule has 2 aromatic rings. The number of amides is 1. The summed E-state index contributed by atoms with van der Waals surface area (Å²) < 4.78 is 12.9. The van der Waals surface area contributed by atoms with Crippen LogP contribution in [0.15, 0.2) is 48.5 Å². The van der Waals surface area contributed by atoms with Gasteiger partial charge in [0, 0.05) is 6.54 Å². The molecule has 114 valence electrons. The lowest BCUT2D eigenvalue weighted by atomic mass is 10.1. The molecule has 1 amide bonds. The van der Waals surface area contributed by atoms with Gasteiger partial charge in [0.05, 0.1) is 10.6 Å². The van der Waals surface area contributed by atoms with Gasteiger partial charge in [0.25, 0.3) is 5.91 Å². The van der Waals surface area contributed by atoms with E-state index in [1.807, 2.05) is 0 Å². The van der Waals surface area contributed by atoms with Crippen LogP contribution in [0.2, 0.25) is 5.02 Å². The Morgan fingerprint density at radius 2 is 1.73 bits per heavy atom. The Bertz CT molecular complexity index is 688. The molecule has 6 heteroatoms. The van der Waals surface area contributed by atoms with Crippen molar-refractivity contribution < 1.29 is 19.1 Å². The lowest BCUT2D eigenvalue weighted by molar-refractivity contribution is -0.137. The predicted molar refractivity (Wildman–Crippen MR) is 80.2 cm³/mol. The van der Waals surface area contributed by atoms with Crippen molar-refractivity contribution in [2.24, 2.45) is 0 Å². The highest BCUT2D eigenvalue weighted by atomic mass is 35.5. The normalized spacial score (nSPS) is 10.3. The summed E-state index contributed by atoms with van der Waals surface area (Å²) in [6.07, 6.45) is 0. The van der Waals surface area contributed by atoms with Crippen molar-refractivity contribution >= 4 is 23.5 Å². The standard InChI is InChI=1S/C16H13ClFNO3/c17-14-4-2-1-3-13(14)16(22)19(10-15(20)21)9-11-5-7-12(18)8-6-11/h1-8H,9-10H2,(H,20,21). The molecule has 4 nitrogen and oxygen atoms in total. The van der Waals surface area contributed by atoms with Crippen molar-refractivity contribution in [3.8, 4) is 0 Å². The maximum absolute atomic E-state index is 12.9. The summed E-state index contributed by atoms with van der Waals surface area (Å²) in [6, 6.07) is 11.9. The van der Waals surface area contributed by atoms with Gasteiger partial charge in [0.1, 0.15) is 12.4 Å². The number of hydrogen-bond acceptors (Lipinski definition) is 2. The molecule has 0 aliphatic carbocycles. The molecule has 2 rings (SSSR count). The van der Waals surface area contributed by atoms with E-state index in [9.17, 15) is 14.0 Å². The van der Waals surface area contributed by atoms with Crippen molar-refractivity contribution in [3.63, 3.8) is 0 Å². The van der Waals surface area contributed by atoms with E-state index in [4.69, 9.17) is 16.7 Å². The molecule has 0 unspecified atom stereocenters. The first kappa shape index (κ1) is 16.0. The number of rotatable bonds is 5. The van der Waals surface area contributed by atoms with Crippen LogP contribution in [-0.4, -0.2) is 28.4 Å². The van der Waals surface area contributed by atoms with E-state index in [1.54, 1.807) is 18.2 Å². The summed E-state index contributed by atoms with van der Waals surface area (Å²) in [5.41, 5.74) is 0.857. The molecular formula is C16H13ClFNO3. The summed E-state index contributed by atoms with van der Waals surface area (Å²) in [5, 5.41) is 9.24. The van der Waals surface area contributed by atoms with Gasteiger partial charge in [-0.25, -0.2) is 4.39 Å². The largest absolute Gasteiger partial charge is 0.480 e. The number of nitrogens with zero attached hydrogens (tertiary/aromatic N) is 1. The first-order valence-corrected chi connectivity index (χ1v) is 6.85. The maximum atomic E-state index is 12.9. The number of carboxylic acid groups (broad SMARTS) is 1. The van der Waals surface area contributed by atoms with Gasteiger partial charge in [0.15, 0.2) is 0 Å². The van der Waals surface area contributed by atoms with Crippen molar-refractivity contribution in [2.45, 2.75) is 6.54 Å². The SMILES string of the molecule is O=C(O)CN(Cc1ccc(F)cc1)C(=O)c1ccccc1Cl. The molecule has 0 aromatic heterocycles. The third kappa shape index (κ3) is 4.05. The minimum absolute atomic E-state index is 0.0522. The van der Waals surface area contributed by atoms with Crippen LogP contribution in [-0.2, 0) is 11.3 Å². The highest BCUT2D eigenvalue weighted by Crippen LogP contribution is 2.18. The number of carbonyl (C=O) groups excluding carboxylic acids is 1. The summed E-state index contributed by atoms with van der Waals surface area (Å²) >= 11 is 5.98. The quantitative estimate of drug-likeness (QED) is 0.920. The van der Waals surface area contributed by atoms with E-state index in [0.717, 1.165) is 4.90 Å². The van der Waals surface area contributed by atoms with Crippen molar-refractivity contribution in [1.82, 2.24) is 4.90 Å². The zero-order chi connectivity index (χ0) is 16.1. The zero-order valence-corrected chi connectivity index (χ0v) is 12.3. The summed E-state index contributed by atoms with van der Waals surface area (Å²) in [5.74, 6) is -2.02. The van der Waals surface area contributed by atoms with Crippen molar-refractivity contribution in [1.29, 1.82) is 0 Å². The highest BCUT2D eigenvalue weighted by molar-refractivity contribution is 6.33. The van der Waals surface area contributed by atoms with Gasteiger partial charge in [-0.1, -0.05) is 35.9 Å². The molecule has 0 radical (unpaired) electrons. The summed E-state index contributed by atoms with van der Waals surface area (Å²) in [4.78, 5) is 24.6. The summed E-state index contributed by atoms with van der Waals surface area (Å²) in [7, 11) is 0. The number of benzene rings is 2. The fraction of sp³-hybridized carbons (Fsp3) is 0.125. The van der Waals surface area contributed by atoms with Gasteiger partial charge >= 0.3 is 5.97 Å². The van der Waals surface area contributed by atoms with E-state index in [2.05, 4.69) is 0 Å². The number of carbonyl (C=O) groups is 2. The Kier molecular flexibility index (Phi) is 5.12. The molecule has 0 atom stereocenters. The molecule has 0 spiro atoms. The van der Waals surface area contributed by atoms with Crippen LogP contribution in [0.5, 0.6) is 0 Å². The summed E-state index contributed by atoms with van der Waals surface area (Å²) in [6.45, 7) is -0.419. The highest BCUT2D eigenvalue weighted by Gasteiger charge is 2.20. The molecule has 0 aliphatic rings. The Labute approximate surface area is 131 Å². The topological polar surface area (TPSA) is 57.6 Å². The van der Waals surface area contributed by atoms with E-state index in [1.165, 1.54) is 30.3 Å². The van der Waals surface area contributed by atoms with Gasteiger partial charge in [-0.05, 0) is 29.8 Å². The molecule has 0 bridgehead atoms. The molecule has 0 fully saturated rings. The number of aliphatic carboxylic acids is 1. The monoisotopic (exact) mass is 321 g/mol.